The minimum atomic E-state index is -0.481. The summed E-state index contributed by atoms with van der Waals surface area (Å²) in [6, 6.07) is 13.6. The largest absolute Gasteiger partial charge is 0.478 e. The monoisotopic (exact) mass is 579 g/mol. The second kappa shape index (κ2) is 12.9. The molecular weight excluding hydrogens is 545 g/mol. The van der Waals surface area contributed by atoms with Crippen molar-refractivity contribution < 1.29 is 18.7 Å². The van der Waals surface area contributed by atoms with Crippen molar-refractivity contribution in [2.75, 3.05) is 44.2 Å². The van der Waals surface area contributed by atoms with Crippen LogP contribution in [0.15, 0.2) is 54.7 Å². The Morgan fingerprint density at radius 2 is 2.00 bits per heavy atom. The number of carbonyl (C=O) groups excluding carboxylic acids is 2. The molecule has 2 fully saturated rings. The minimum absolute atomic E-state index is 0.0325. The Kier molecular flexibility index (Phi) is 9.05. The molecule has 2 saturated heterocycles. The van der Waals surface area contributed by atoms with Crippen molar-refractivity contribution >= 4 is 29.1 Å². The van der Waals surface area contributed by atoms with Crippen molar-refractivity contribution in [1.82, 2.24) is 20.5 Å². The van der Waals surface area contributed by atoms with E-state index in [0.29, 0.717) is 37.7 Å². The molecule has 2 aliphatic rings. The predicted molar refractivity (Wildman–Crippen MR) is 158 cm³/mol. The normalized spacial score (nSPS) is 18.8. The van der Waals surface area contributed by atoms with Crippen LogP contribution in [0.5, 0.6) is 5.88 Å². The summed E-state index contributed by atoms with van der Waals surface area (Å²) in [6.45, 7) is 7.50. The summed E-state index contributed by atoms with van der Waals surface area (Å²) in [6.07, 6.45) is 3.32. The van der Waals surface area contributed by atoms with Crippen molar-refractivity contribution in [3.63, 3.8) is 0 Å². The lowest BCUT2D eigenvalue weighted by atomic mass is 9.98. The molecule has 2 aromatic carbocycles. The van der Waals surface area contributed by atoms with Crippen molar-refractivity contribution in [2.24, 2.45) is 0 Å². The number of nitrogens with zero attached hydrogens (tertiary/aromatic N) is 3. The first-order valence-corrected chi connectivity index (χ1v) is 14.5. The van der Waals surface area contributed by atoms with E-state index >= 15 is 0 Å². The average Bonchev–Trinajstić information content (AvgIpc) is 3.50. The van der Waals surface area contributed by atoms with Crippen LogP contribution in [0.1, 0.15) is 47.4 Å². The summed E-state index contributed by atoms with van der Waals surface area (Å²) in [5, 5.41) is 6.60. The summed E-state index contributed by atoms with van der Waals surface area (Å²) < 4.78 is 19.3. The summed E-state index contributed by atoms with van der Waals surface area (Å²) in [5.74, 6) is -0.323. The third kappa shape index (κ3) is 6.31. The molecular formula is C31H35ClFN5O3. The van der Waals surface area contributed by atoms with Crippen molar-refractivity contribution in [3.8, 4) is 17.0 Å². The fraction of sp³-hybridized carbons (Fsp3) is 0.387. The first kappa shape index (κ1) is 28.8. The number of aromatic nitrogens is 1. The zero-order valence-corrected chi connectivity index (χ0v) is 24.1. The van der Waals surface area contributed by atoms with Gasteiger partial charge in [0.05, 0.1) is 22.8 Å². The van der Waals surface area contributed by atoms with E-state index in [4.69, 9.17) is 16.3 Å². The maximum Gasteiger partial charge on any atom is 0.255 e. The van der Waals surface area contributed by atoms with Crippen LogP contribution in [0.4, 0.5) is 10.1 Å². The Bertz CT molecular complexity index is 1410. The quantitative estimate of drug-likeness (QED) is 0.400. The molecule has 0 unspecified atom stereocenters. The number of hydrogen-bond donors (Lipinski definition) is 2. The van der Waals surface area contributed by atoms with Gasteiger partial charge in [-0.3, -0.25) is 9.59 Å². The van der Waals surface area contributed by atoms with Gasteiger partial charge in [-0.25, -0.2) is 9.37 Å². The Morgan fingerprint density at radius 3 is 2.73 bits per heavy atom. The van der Waals surface area contributed by atoms with Gasteiger partial charge in [-0.2, -0.15) is 0 Å². The van der Waals surface area contributed by atoms with Gasteiger partial charge in [-0.15, -0.1) is 0 Å². The van der Waals surface area contributed by atoms with Crippen LogP contribution >= 0.6 is 11.6 Å². The molecule has 0 saturated carbocycles. The molecule has 3 aromatic rings. The van der Waals surface area contributed by atoms with E-state index in [0.717, 1.165) is 48.8 Å². The molecule has 0 bridgehead atoms. The molecule has 2 amide bonds. The van der Waals surface area contributed by atoms with E-state index < -0.39 is 5.82 Å². The molecule has 1 aromatic heterocycles. The molecule has 0 spiro atoms. The molecule has 216 valence electrons. The molecule has 0 aliphatic carbocycles. The van der Waals surface area contributed by atoms with Crippen LogP contribution in [0.3, 0.4) is 0 Å². The van der Waals surface area contributed by atoms with E-state index in [1.165, 1.54) is 12.1 Å². The zero-order chi connectivity index (χ0) is 28.9. The Labute approximate surface area is 244 Å². The van der Waals surface area contributed by atoms with Crippen LogP contribution < -0.4 is 20.3 Å². The molecule has 5 rings (SSSR count). The van der Waals surface area contributed by atoms with E-state index in [9.17, 15) is 14.0 Å². The molecule has 10 heteroatoms. The maximum atomic E-state index is 13.8. The number of halogens is 2. The Balaban J connectivity index is 1.46. The second-order valence-electron chi connectivity index (χ2n) is 10.3. The SMILES string of the molecule is CCOc1ncccc1-c1ccc(N2CCN(C(=O)c3ccc(F)cc3Cl)C[C@H]2CC)c(C(=O)N[C@@H]2CCNC2)c1. The third-order valence-electron chi connectivity index (χ3n) is 7.71. The van der Waals surface area contributed by atoms with Gasteiger partial charge in [-0.1, -0.05) is 24.6 Å². The number of hydrogen-bond acceptors (Lipinski definition) is 6. The number of amides is 2. The molecule has 2 aliphatic heterocycles. The van der Waals surface area contributed by atoms with Crippen LogP contribution in [0, 0.1) is 5.82 Å². The molecule has 41 heavy (non-hydrogen) atoms. The second-order valence-corrected chi connectivity index (χ2v) is 10.7. The lowest BCUT2D eigenvalue weighted by molar-refractivity contribution is 0.0720. The fourth-order valence-corrected chi connectivity index (χ4v) is 5.83. The number of piperazine rings is 1. The lowest BCUT2D eigenvalue weighted by Gasteiger charge is -2.43. The van der Waals surface area contributed by atoms with Gasteiger partial charge in [0, 0.05) is 55.7 Å². The highest BCUT2D eigenvalue weighted by atomic mass is 35.5. The zero-order valence-electron chi connectivity index (χ0n) is 23.3. The van der Waals surface area contributed by atoms with Gasteiger partial charge >= 0.3 is 0 Å². The van der Waals surface area contributed by atoms with Crippen molar-refractivity contribution in [3.05, 3.63) is 76.7 Å². The van der Waals surface area contributed by atoms with Gasteiger partial charge < -0.3 is 25.2 Å². The summed E-state index contributed by atoms with van der Waals surface area (Å²) in [4.78, 5) is 35.4. The number of benzene rings is 2. The standard InChI is InChI=1S/C31H35ClFN5O3/c1-3-23-19-37(31(40)25-9-8-21(33)17-27(25)32)14-15-38(23)28-10-7-20(24-6-5-12-35-30(24)41-4-2)16-26(28)29(39)36-22-11-13-34-18-22/h5-10,12,16-17,22-23,34H,3-4,11,13-15,18-19H2,1-2H3,(H,36,39)/t22-,23-/m1/s1. The van der Waals surface area contributed by atoms with Crippen LogP contribution in [0.25, 0.3) is 11.1 Å². The highest BCUT2D eigenvalue weighted by Gasteiger charge is 2.32. The summed E-state index contributed by atoms with van der Waals surface area (Å²) in [5.41, 5.74) is 3.33. The van der Waals surface area contributed by atoms with Gasteiger partial charge in [0.2, 0.25) is 5.88 Å². The predicted octanol–water partition coefficient (Wildman–Crippen LogP) is 4.77. The number of nitrogens with one attached hydrogen (secondary N) is 2. The van der Waals surface area contributed by atoms with Crippen molar-refractivity contribution in [2.45, 2.75) is 38.8 Å². The summed E-state index contributed by atoms with van der Waals surface area (Å²) in [7, 11) is 0. The van der Waals surface area contributed by atoms with Crippen LogP contribution in [-0.4, -0.2) is 73.1 Å². The number of carbonyl (C=O) groups is 2. The van der Waals surface area contributed by atoms with Crippen LogP contribution in [-0.2, 0) is 0 Å². The molecule has 2 N–H and O–H groups in total. The molecule has 3 heterocycles. The molecule has 0 radical (unpaired) electrons. The molecule has 2 atom stereocenters. The van der Waals surface area contributed by atoms with Crippen molar-refractivity contribution in [1.29, 1.82) is 0 Å². The van der Waals surface area contributed by atoms with Gasteiger partial charge in [-0.05, 0) is 74.3 Å². The maximum absolute atomic E-state index is 13.8. The van der Waals surface area contributed by atoms with Crippen LogP contribution in [0.2, 0.25) is 5.02 Å². The minimum Gasteiger partial charge on any atom is -0.478 e. The Hall–Kier alpha value is -3.69. The first-order chi connectivity index (χ1) is 19.9. The highest BCUT2D eigenvalue weighted by molar-refractivity contribution is 6.33. The van der Waals surface area contributed by atoms with E-state index in [1.807, 2.05) is 37.3 Å². The van der Waals surface area contributed by atoms with Gasteiger partial charge in [0.25, 0.3) is 11.8 Å². The number of ether oxygens (including phenoxy) is 1. The highest BCUT2D eigenvalue weighted by Crippen LogP contribution is 2.34. The Morgan fingerprint density at radius 1 is 1.15 bits per heavy atom. The lowest BCUT2D eigenvalue weighted by Crippen LogP contribution is -2.55. The van der Waals surface area contributed by atoms with Gasteiger partial charge in [0.15, 0.2) is 0 Å². The van der Waals surface area contributed by atoms with E-state index in [-0.39, 0.29) is 34.5 Å². The number of pyridine rings is 1. The third-order valence-corrected chi connectivity index (χ3v) is 8.02. The number of rotatable bonds is 8. The van der Waals surface area contributed by atoms with Gasteiger partial charge in [0.1, 0.15) is 5.82 Å². The number of anilines is 1. The topological polar surface area (TPSA) is 86.8 Å². The van der Waals surface area contributed by atoms with E-state index in [1.54, 1.807) is 11.1 Å². The fourth-order valence-electron chi connectivity index (χ4n) is 5.58. The molecule has 8 nitrogen and oxygen atoms in total. The summed E-state index contributed by atoms with van der Waals surface area (Å²) >= 11 is 6.20. The van der Waals surface area contributed by atoms with E-state index in [2.05, 4.69) is 27.4 Å². The average molecular weight is 580 g/mol. The smallest absolute Gasteiger partial charge is 0.255 e. The first-order valence-electron chi connectivity index (χ1n) is 14.1.